The minimum absolute atomic E-state index is 0.000578. The van der Waals surface area contributed by atoms with Gasteiger partial charge in [0.15, 0.2) is 0 Å². The van der Waals surface area contributed by atoms with E-state index in [1.165, 1.54) is 0 Å². The molecule has 1 heterocycles. The van der Waals surface area contributed by atoms with Gasteiger partial charge in [-0.25, -0.2) is 0 Å². The third-order valence-corrected chi connectivity index (χ3v) is 3.31. The van der Waals surface area contributed by atoms with Crippen molar-refractivity contribution >= 4 is 51.2 Å². The zero-order valence-electron chi connectivity index (χ0n) is 8.70. The Bertz CT molecular complexity index is 416. The summed E-state index contributed by atoms with van der Waals surface area (Å²) in [4.78, 5) is 22.8. The molecule has 0 bridgehead atoms. The Morgan fingerprint density at radius 3 is 2.44 bits per heavy atom. The normalized spacial score (nSPS) is 10.2. The lowest BCUT2D eigenvalue weighted by Gasteiger charge is -2.07. The molecule has 1 aromatic rings. The van der Waals surface area contributed by atoms with Gasteiger partial charge in [-0.05, 0) is 51.6 Å². The molecule has 0 fully saturated rings. The highest BCUT2D eigenvalue weighted by Crippen LogP contribution is 2.04. The van der Waals surface area contributed by atoms with Gasteiger partial charge in [0.05, 0.1) is 13.7 Å². The first-order valence-electron chi connectivity index (χ1n) is 4.75. The van der Waals surface area contributed by atoms with Crippen LogP contribution in [-0.4, -0.2) is 17.1 Å². The van der Waals surface area contributed by atoms with Crippen molar-refractivity contribution in [1.82, 2.24) is 4.57 Å². The highest BCUT2D eigenvalue weighted by atomic mass is 127. The molecule has 1 rings (SSSR count). The number of aromatic nitrogens is 1. The molecule has 0 aliphatic heterocycles. The first kappa shape index (κ1) is 13.9. The maximum Gasteiger partial charge on any atom is 0.325 e. The summed E-state index contributed by atoms with van der Waals surface area (Å²) in [5.41, 5.74) is -0.000578. The molecule has 1 aromatic heterocycles. The van der Waals surface area contributed by atoms with Gasteiger partial charge in [0, 0.05) is 12.4 Å². The van der Waals surface area contributed by atoms with Gasteiger partial charge in [-0.1, -0.05) is 6.92 Å². The highest BCUT2D eigenvalue weighted by Gasteiger charge is 2.06. The minimum atomic E-state index is -0.280. The summed E-state index contributed by atoms with van der Waals surface area (Å²) in [6, 6.07) is 0. The van der Waals surface area contributed by atoms with Crippen LogP contribution < -0.4 is 5.43 Å². The lowest BCUT2D eigenvalue weighted by Crippen LogP contribution is -2.19. The molecule has 0 N–H and O–H groups in total. The molecule has 88 valence electrons. The number of halogens is 2. The van der Waals surface area contributed by atoms with Crippen LogP contribution in [0.4, 0.5) is 0 Å². The van der Waals surface area contributed by atoms with E-state index < -0.39 is 0 Å². The van der Waals surface area contributed by atoms with Gasteiger partial charge in [-0.2, -0.15) is 0 Å². The van der Waals surface area contributed by atoms with Crippen molar-refractivity contribution < 1.29 is 9.53 Å². The Morgan fingerprint density at radius 1 is 1.38 bits per heavy atom. The molecule has 0 aliphatic carbocycles. The third kappa shape index (κ3) is 4.04. The largest absolute Gasteiger partial charge is 0.464 e. The lowest BCUT2D eigenvalue weighted by molar-refractivity contribution is -0.144. The standard InChI is InChI=1S/C10H11I2NO3/c1-2-3-16-9(14)6-13-4-7(11)10(15)8(12)5-13/h4-5H,2-3,6H2,1H3. The van der Waals surface area contributed by atoms with E-state index in [4.69, 9.17) is 4.74 Å². The van der Waals surface area contributed by atoms with E-state index in [2.05, 4.69) is 0 Å². The maximum atomic E-state index is 11.4. The molecule has 0 aliphatic rings. The van der Waals surface area contributed by atoms with Crippen molar-refractivity contribution in [3.05, 3.63) is 29.8 Å². The predicted octanol–water partition coefficient (Wildman–Crippen LogP) is 2.01. The van der Waals surface area contributed by atoms with Crippen molar-refractivity contribution in [2.45, 2.75) is 19.9 Å². The molecule has 0 saturated carbocycles. The average Bonchev–Trinajstić information content (AvgIpc) is 2.23. The zero-order valence-corrected chi connectivity index (χ0v) is 13.0. The second kappa shape index (κ2) is 6.58. The Labute approximate surface area is 121 Å². The number of rotatable bonds is 4. The monoisotopic (exact) mass is 447 g/mol. The maximum absolute atomic E-state index is 11.4. The summed E-state index contributed by atoms with van der Waals surface area (Å²) >= 11 is 3.92. The molecular weight excluding hydrogens is 436 g/mol. The molecule has 0 atom stereocenters. The number of hydrogen-bond acceptors (Lipinski definition) is 3. The average molecular weight is 447 g/mol. The quantitative estimate of drug-likeness (QED) is 0.525. The second-order valence-corrected chi connectivity index (χ2v) is 5.50. The number of esters is 1. The summed E-state index contributed by atoms with van der Waals surface area (Å²) in [7, 11) is 0. The summed E-state index contributed by atoms with van der Waals surface area (Å²) in [5.74, 6) is -0.280. The Morgan fingerprint density at radius 2 is 1.94 bits per heavy atom. The zero-order chi connectivity index (χ0) is 12.1. The van der Waals surface area contributed by atoms with E-state index in [1.807, 2.05) is 52.1 Å². The first-order valence-corrected chi connectivity index (χ1v) is 6.91. The van der Waals surface area contributed by atoms with Crippen molar-refractivity contribution in [2.75, 3.05) is 6.61 Å². The number of carbonyl (C=O) groups is 1. The van der Waals surface area contributed by atoms with Crippen molar-refractivity contribution in [3.8, 4) is 0 Å². The Kier molecular flexibility index (Phi) is 5.73. The molecular formula is C10H11I2NO3. The molecule has 0 unspecified atom stereocenters. The molecule has 16 heavy (non-hydrogen) atoms. The predicted molar refractivity (Wildman–Crippen MR) is 77.4 cm³/mol. The Balaban J connectivity index is 2.75. The van der Waals surface area contributed by atoms with Crippen LogP contribution in [0.5, 0.6) is 0 Å². The van der Waals surface area contributed by atoms with E-state index in [0.29, 0.717) is 13.7 Å². The van der Waals surface area contributed by atoms with Gasteiger partial charge in [-0.3, -0.25) is 9.59 Å². The fourth-order valence-electron chi connectivity index (χ4n) is 1.06. The summed E-state index contributed by atoms with van der Waals surface area (Å²) < 4.78 is 7.84. The van der Waals surface area contributed by atoms with Crippen molar-refractivity contribution in [2.24, 2.45) is 0 Å². The van der Waals surface area contributed by atoms with Gasteiger partial charge >= 0.3 is 5.97 Å². The smallest absolute Gasteiger partial charge is 0.325 e. The number of carbonyl (C=O) groups excluding carboxylic acids is 1. The number of pyridine rings is 1. The molecule has 6 heteroatoms. The number of hydrogen-bond donors (Lipinski definition) is 0. The van der Waals surface area contributed by atoms with Gasteiger partial charge in [0.2, 0.25) is 5.43 Å². The van der Waals surface area contributed by atoms with Gasteiger partial charge in [0.25, 0.3) is 0 Å². The first-order chi connectivity index (χ1) is 7.54. The minimum Gasteiger partial charge on any atom is -0.464 e. The van der Waals surface area contributed by atoms with Gasteiger partial charge in [0.1, 0.15) is 6.54 Å². The van der Waals surface area contributed by atoms with Crippen LogP contribution >= 0.6 is 45.2 Å². The lowest BCUT2D eigenvalue weighted by atomic mass is 10.4. The fourth-order valence-corrected chi connectivity index (χ4v) is 2.87. The van der Waals surface area contributed by atoms with E-state index in [0.717, 1.165) is 6.42 Å². The number of nitrogens with zero attached hydrogens (tertiary/aromatic N) is 1. The molecule has 0 aromatic carbocycles. The van der Waals surface area contributed by atoms with Crippen LogP contribution in [-0.2, 0) is 16.1 Å². The third-order valence-electron chi connectivity index (χ3n) is 1.77. The van der Waals surface area contributed by atoms with E-state index >= 15 is 0 Å². The number of ether oxygens (including phenoxy) is 1. The molecule has 4 nitrogen and oxygen atoms in total. The van der Waals surface area contributed by atoms with Crippen LogP contribution in [0.3, 0.4) is 0 Å². The van der Waals surface area contributed by atoms with Gasteiger partial charge < -0.3 is 9.30 Å². The van der Waals surface area contributed by atoms with Crippen LogP contribution in [0.2, 0.25) is 0 Å². The molecule has 0 amide bonds. The highest BCUT2D eigenvalue weighted by molar-refractivity contribution is 14.1. The topological polar surface area (TPSA) is 48.3 Å². The summed E-state index contributed by atoms with van der Waals surface area (Å²) in [6.45, 7) is 2.53. The van der Waals surface area contributed by atoms with E-state index in [-0.39, 0.29) is 17.9 Å². The molecule has 0 radical (unpaired) electrons. The second-order valence-electron chi connectivity index (χ2n) is 3.18. The van der Waals surface area contributed by atoms with Crippen molar-refractivity contribution in [3.63, 3.8) is 0 Å². The fraction of sp³-hybridized carbons (Fsp3) is 0.400. The molecule has 0 spiro atoms. The molecule has 0 saturated heterocycles. The SMILES string of the molecule is CCCOC(=O)Cn1cc(I)c(=O)c(I)c1. The van der Waals surface area contributed by atoms with Crippen LogP contribution in [0.15, 0.2) is 17.2 Å². The van der Waals surface area contributed by atoms with Crippen LogP contribution in [0.1, 0.15) is 13.3 Å². The van der Waals surface area contributed by atoms with Crippen molar-refractivity contribution in [1.29, 1.82) is 0 Å². The van der Waals surface area contributed by atoms with E-state index in [9.17, 15) is 9.59 Å². The Hall–Kier alpha value is -0.120. The van der Waals surface area contributed by atoms with Gasteiger partial charge in [-0.15, -0.1) is 0 Å². The summed E-state index contributed by atoms with van der Waals surface area (Å²) in [5, 5.41) is 0. The van der Waals surface area contributed by atoms with E-state index in [1.54, 1.807) is 17.0 Å². The van der Waals surface area contributed by atoms with Crippen LogP contribution in [0.25, 0.3) is 0 Å². The summed E-state index contributed by atoms with van der Waals surface area (Å²) in [6.07, 6.45) is 4.11. The van der Waals surface area contributed by atoms with Crippen LogP contribution in [0, 0.1) is 7.14 Å².